The van der Waals surface area contributed by atoms with Crippen molar-refractivity contribution in [1.29, 1.82) is 0 Å². The number of aliphatic hydroxyl groups is 1. The third-order valence-electron chi connectivity index (χ3n) is 6.12. The summed E-state index contributed by atoms with van der Waals surface area (Å²) in [5, 5.41) is 16.5. The third kappa shape index (κ3) is 4.93. The normalized spacial score (nSPS) is 15.5. The fourth-order valence-corrected chi connectivity index (χ4v) is 4.40. The van der Waals surface area contributed by atoms with E-state index in [2.05, 4.69) is 25.4 Å². The maximum atomic E-state index is 12.9. The van der Waals surface area contributed by atoms with Crippen LogP contribution in [0.2, 0.25) is 0 Å². The van der Waals surface area contributed by atoms with E-state index in [-0.39, 0.29) is 11.5 Å². The number of pyridine rings is 1. The van der Waals surface area contributed by atoms with E-state index in [1.807, 2.05) is 13.0 Å². The number of hydrogen-bond donors (Lipinski definition) is 3. The number of nitrogen functional groups attached to an aromatic ring is 1. The van der Waals surface area contributed by atoms with Crippen molar-refractivity contribution >= 4 is 28.4 Å². The molecule has 0 atom stereocenters. The molecule has 1 aliphatic carbocycles. The monoisotopic (exact) mass is 472 g/mol. The molecule has 0 unspecified atom stereocenters. The average Bonchev–Trinajstić information content (AvgIpc) is 3.33. The summed E-state index contributed by atoms with van der Waals surface area (Å²) >= 11 is 0. The van der Waals surface area contributed by atoms with Crippen molar-refractivity contribution in [3.05, 3.63) is 30.4 Å². The first-order chi connectivity index (χ1) is 16.2. The quantitative estimate of drug-likeness (QED) is 0.410. The minimum Gasteiger partial charge on any atom is -0.390 e. The third-order valence-corrected chi connectivity index (χ3v) is 6.12. The van der Waals surface area contributed by atoms with Gasteiger partial charge in [-0.2, -0.15) is 4.98 Å². The highest BCUT2D eigenvalue weighted by Crippen LogP contribution is 2.31. The maximum Gasteiger partial charge on any atom is 0.256 e. The summed E-state index contributed by atoms with van der Waals surface area (Å²) in [6, 6.07) is 3.66. The van der Waals surface area contributed by atoms with Gasteiger partial charge < -0.3 is 20.7 Å². The Kier molecular flexibility index (Phi) is 6.65. The molecule has 0 spiro atoms. The van der Waals surface area contributed by atoms with Crippen LogP contribution in [0, 0.1) is 6.92 Å². The van der Waals surface area contributed by atoms with Crippen molar-refractivity contribution in [2.24, 2.45) is 0 Å². The number of aryl methyl sites for hydroxylation is 1. The number of nitrogens with two attached hydrogens (primary N) is 1. The van der Waals surface area contributed by atoms with Gasteiger partial charge in [-0.05, 0) is 38.8 Å². The molecule has 0 amide bonds. The van der Waals surface area contributed by atoms with E-state index in [1.54, 1.807) is 36.9 Å². The summed E-state index contributed by atoms with van der Waals surface area (Å²) in [5.41, 5.74) is 8.67. The van der Waals surface area contributed by atoms with Gasteiger partial charge in [-0.3, -0.25) is 0 Å². The summed E-state index contributed by atoms with van der Waals surface area (Å²) in [5.74, 6) is 1.21. The van der Waals surface area contributed by atoms with Crippen LogP contribution in [0.3, 0.4) is 0 Å². The molecule has 0 bridgehead atoms. The van der Waals surface area contributed by atoms with Crippen LogP contribution in [0.15, 0.2) is 24.5 Å². The molecule has 34 heavy (non-hydrogen) atoms. The van der Waals surface area contributed by atoms with Crippen LogP contribution < -0.4 is 11.1 Å². The van der Waals surface area contributed by atoms with Crippen LogP contribution >= 0.6 is 0 Å². The zero-order chi connectivity index (χ0) is 24.5. The van der Waals surface area contributed by atoms with Crippen LogP contribution in [-0.4, -0.2) is 53.3 Å². The number of imidazole rings is 1. The number of anilines is 2. The number of hydrogen-bond acceptors (Lipinski definition) is 7. The van der Waals surface area contributed by atoms with Crippen molar-refractivity contribution in [3.63, 3.8) is 0 Å². The number of halogens is 2. The van der Waals surface area contributed by atoms with Gasteiger partial charge in [-0.1, -0.05) is 19.3 Å². The number of alkyl halides is 2. The Balaban J connectivity index is 0.000000291. The van der Waals surface area contributed by atoms with E-state index in [0.717, 1.165) is 29.5 Å². The Bertz CT molecular complexity index is 1290. The highest BCUT2D eigenvalue weighted by atomic mass is 19.3. The van der Waals surface area contributed by atoms with Gasteiger partial charge in [0.25, 0.3) is 6.43 Å². The van der Waals surface area contributed by atoms with Gasteiger partial charge in [-0.25, -0.2) is 23.3 Å². The van der Waals surface area contributed by atoms with Crippen molar-refractivity contribution in [3.8, 4) is 11.1 Å². The molecule has 9 nitrogen and oxygen atoms in total. The zero-order valence-corrected chi connectivity index (χ0v) is 19.6. The lowest BCUT2D eigenvalue weighted by Crippen LogP contribution is -2.26. The smallest absolute Gasteiger partial charge is 0.256 e. The number of nitrogens with one attached hydrogen (secondary N) is 1. The molecule has 0 saturated heterocycles. The molecule has 11 heteroatoms. The molecule has 4 heterocycles. The topological polar surface area (TPSA) is 119 Å². The molecular formula is C23H30F2N8O. The second kappa shape index (κ2) is 9.49. The van der Waals surface area contributed by atoms with E-state index >= 15 is 0 Å². The fraction of sp³-hybridized carbons (Fsp3) is 0.478. The Morgan fingerprint density at radius 2 is 1.97 bits per heavy atom. The van der Waals surface area contributed by atoms with Gasteiger partial charge >= 0.3 is 0 Å². The molecule has 0 radical (unpaired) electrons. The SMILES string of the molecule is CC1(O)CCCCC1.CNc1nc(N)nn2ccc(-c3cnc4nc(C)n(CC(F)F)c4c3)c12. The van der Waals surface area contributed by atoms with E-state index in [1.165, 1.54) is 23.8 Å². The molecule has 0 aromatic carbocycles. The minimum absolute atomic E-state index is 0.142. The summed E-state index contributed by atoms with van der Waals surface area (Å²) in [6.45, 7) is 3.20. The number of aromatic nitrogens is 6. The fourth-order valence-electron chi connectivity index (χ4n) is 4.40. The first-order valence-corrected chi connectivity index (χ1v) is 11.3. The van der Waals surface area contributed by atoms with Crippen molar-refractivity contribution in [2.45, 2.75) is 64.5 Å². The van der Waals surface area contributed by atoms with E-state index < -0.39 is 13.0 Å². The molecule has 5 rings (SSSR count). The largest absolute Gasteiger partial charge is 0.390 e. The summed E-state index contributed by atoms with van der Waals surface area (Å²) in [7, 11) is 1.74. The minimum atomic E-state index is -2.47. The molecule has 4 aromatic rings. The van der Waals surface area contributed by atoms with Crippen molar-refractivity contribution in [2.75, 3.05) is 18.1 Å². The Labute approximate surface area is 196 Å². The predicted octanol–water partition coefficient (Wildman–Crippen LogP) is 4.04. The van der Waals surface area contributed by atoms with Crippen LogP contribution in [-0.2, 0) is 6.54 Å². The van der Waals surface area contributed by atoms with Crippen LogP contribution in [0.5, 0.6) is 0 Å². The Morgan fingerprint density at radius 3 is 2.59 bits per heavy atom. The summed E-state index contributed by atoms with van der Waals surface area (Å²) in [6.07, 6.45) is 6.70. The van der Waals surface area contributed by atoms with Crippen LogP contribution in [0.4, 0.5) is 20.5 Å². The van der Waals surface area contributed by atoms with Gasteiger partial charge in [-0.15, -0.1) is 5.10 Å². The lowest BCUT2D eigenvalue weighted by molar-refractivity contribution is 0.0225. The zero-order valence-electron chi connectivity index (χ0n) is 19.6. The highest BCUT2D eigenvalue weighted by Gasteiger charge is 2.22. The predicted molar refractivity (Wildman–Crippen MR) is 128 cm³/mol. The first-order valence-electron chi connectivity index (χ1n) is 11.3. The van der Waals surface area contributed by atoms with Crippen molar-refractivity contribution in [1.82, 2.24) is 29.1 Å². The van der Waals surface area contributed by atoms with Gasteiger partial charge in [0.15, 0.2) is 11.5 Å². The second-order valence-electron chi connectivity index (χ2n) is 8.88. The lowest BCUT2D eigenvalue weighted by atomic mass is 9.87. The second-order valence-corrected chi connectivity index (χ2v) is 8.88. The maximum absolute atomic E-state index is 12.9. The van der Waals surface area contributed by atoms with Gasteiger partial charge in [0.05, 0.1) is 17.7 Å². The van der Waals surface area contributed by atoms with Gasteiger partial charge in [0.1, 0.15) is 11.3 Å². The molecule has 4 N–H and O–H groups in total. The first kappa shape index (κ1) is 23.8. The van der Waals surface area contributed by atoms with Crippen molar-refractivity contribution < 1.29 is 13.9 Å². The number of nitrogens with zero attached hydrogens (tertiary/aromatic N) is 6. The van der Waals surface area contributed by atoms with Gasteiger partial charge in [0.2, 0.25) is 5.95 Å². The molecule has 1 saturated carbocycles. The Hall–Kier alpha value is -3.34. The highest BCUT2D eigenvalue weighted by molar-refractivity contribution is 5.91. The standard InChI is InChI=1S/C16H16F2N8.C7H14O/c1-8-22-14-11(25(8)7-12(17)18)5-9(6-21-14)10-3-4-26-13(10)15(20-2)23-16(19)24-26;1-7(8)5-3-2-4-6-7/h3-6,12H,7H2,1-2H3,(H3,19,20,23,24);8H,2-6H2,1H3. The van der Waals surface area contributed by atoms with E-state index in [9.17, 15) is 13.9 Å². The van der Waals surface area contributed by atoms with Gasteiger partial charge in [0, 0.05) is 30.6 Å². The summed E-state index contributed by atoms with van der Waals surface area (Å²) in [4.78, 5) is 12.8. The lowest BCUT2D eigenvalue weighted by Gasteiger charge is -2.27. The van der Waals surface area contributed by atoms with Crippen LogP contribution in [0.25, 0.3) is 27.8 Å². The molecule has 0 aliphatic heterocycles. The molecule has 1 aliphatic rings. The Morgan fingerprint density at radius 1 is 1.24 bits per heavy atom. The summed E-state index contributed by atoms with van der Waals surface area (Å²) < 4.78 is 28.9. The molecular weight excluding hydrogens is 442 g/mol. The average molecular weight is 473 g/mol. The molecule has 1 fully saturated rings. The van der Waals surface area contributed by atoms with E-state index in [0.29, 0.717) is 22.8 Å². The number of rotatable bonds is 4. The van der Waals surface area contributed by atoms with Crippen LogP contribution in [0.1, 0.15) is 44.9 Å². The molecule has 4 aromatic heterocycles. The molecule has 182 valence electrons. The number of fused-ring (bicyclic) bond motifs is 2. The van der Waals surface area contributed by atoms with E-state index in [4.69, 9.17) is 5.73 Å².